The van der Waals surface area contributed by atoms with Gasteiger partial charge in [0.1, 0.15) is 10.0 Å². The number of hydrogen-bond donors (Lipinski definition) is 0. The summed E-state index contributed by atoms with van der Waals surface area (Å²) in [5.74, 6) is 0. The van der Waals surface area contributed by atoms with Gasteiger partial charge in [0.2, 0.25) is 10.0 Å². The molecule has 19 heavy (non-hydrogen) atoms. The van der Waals surface area contributed by atoms with Crippen LogP contribution in [0.2, 0.25) is 5.15 Å². The maximum Gasteiger partial charge on any atom is 0.246 e. The summed E-state index contributed by atoms with van der Waals surface area (Å²) in [6, 6.07) is 3.12. The monoisotopic (exact) mass is 302 g/mol. The third kappa shape index (κ3) is 2.64. The van der Waals surface area contributed by atoms with Gasteiger partial charge in [-0.25, -0.2) is 13.4 Å². The van der Waals surface area contributed by atoms with E-state index in [-0.39, 0.29) is 15.5 Å². The summed E-state index contributed by atoms with van der Waals surface area (Å²) in [7, 11) is -3.52. The highest BCUT2D eigenvalue weighted by molar-refractivity contribution is 7.89. The minimum Gasteiger partial charge on any atom is -0.243 e. The van der Waals surface area contributed by atoms with E-state index in [9.17, 15) is 8.42 Å². The smallest absolute Gasteiger partial charge is 0.243 e. The highest BCUT2D eigenvalue weighted by Crippen LogP contribution is 2.39. The molecular weight excluding hydrogens is 284 g/mol. The minimum absolute atomic E-state index is 0.0491. The second-order valence-corrected chi connectivity index (χ2v) is 7.35. The Balaban J connectivity index is 2.31. The molecule has 1 aromatic heterocycles. The van der Waals surface area contributed by atoms with Crippen molar-refractivity contribution in [1.82, 2.24) is 9.29 Å². The first kappa shape index (κ1) is 14.8. The normalized spacial score (nSPS) is 19.7. The summed E-state index contributed by atoms with van der Waals surface area (Å²) >= 11 is 5.91. The molecule has 1 aromatic rings. The lowest BCUT2D eigenvalue weighted by Gasteiger charge is -2.26. The van der Waals surface area contributed by atoms with Gasteiger partial charge in [-0.2, -0.15) is 4.31 Å². The van der Waals surface area contributed by atoms with Crippen LogP contribution >= 0.6 is 11.6 Å². The van der Waals surface area contributed by atoms with Crippen molar-refractivity contribution in [1.29, 1.82) is 0 Å². The van der Waals surface area contributed by atoms with Gasteiger partial charge in [0, 0.05) is 19.3 Å². The van der Waals surface area contributed by atoms with E-state index in [1.54, 1.807) is 10.4 Å². The average Bonchev–Trinajstić information content (AvgIpc) is 2.85. The fraction of sp³-hybridized carbons (Fsp3) is 0.615. The zero-order valence-corrected chi connectivity index (χ0v) is 12.8. The van der Waals surface area contributed by atoms with Crippen molar-refractivity contribution in [3.8, 4) is 0 Å². The van der Waals surface area contributed by atoms with Crippen LogP contribution in [0.4, 0.5) is 0 Å². The number of hydrogen-bond acceptors (Lipinski definition) is 3. The molecule has 0 aliphatic carbocycles. The molecule has 0 N–H and O–H groups in total. The fourth-order valence-electron chi connectivity index (χ4n) is 2.63. The zero-order valence-electron chi connectivity index (χ0n) is 11.3. The second-order valence-electron chi connectivity index (χ2n) is 5.09. The van der Waals surface area contributed by atoms with Crippen LogP contribution < -0.4 is 0 Å². The molecule has 2 heterocycles. The van der Waals surface area contributed by atoms with Gasteiger partial charge in [-0.05, 0) is 36.8 Å². The SMILES string of the molecule is CCC1(CC)CCN(S(=O)(=O)c2cccnc2Cl)C1. The predicted octanol–water partition coefficient (Wildman–Crippen LogP) is 2.94. The van der Waals surface area contributed by atoms with Gasteiger partial charge < -0.3 is 0 Å². The first-order valence-electron chi connectivity index (χ1n) is 6.56. The summed E-state index contributed by atoms with van der Waals surface area (Å²) in [5, 5.41) is 0.0491. The lowest BCUT2D eigenvalue weighted by Crippen LogP contribution is -2.32. The minimum atomic E-state index is -3.52. The lowest BCUT2D eigenvalue weighted by atomic mass is 9.82. The molecule has 0 atom stereocenters. The number of pyridine rings is 1. The number of rotatable bonds is 4. The van der Waals surface area contributed by atoms with Gasteiger partial charge in [0.05, 0.1) is 0 Å². The zero-order chi connectivity index (χ0) is 14.1. The van der Waals surface area contributed by atoms with Gasteiger partial charge in [-0.1, -0.05) is 25.4 Å². The third-order valence-corrected chi connectivity index (χ3v) is 6.54. The Hall–Kier alpha value is -0.650. The van der Waals surface area contributed by atoms with Crippen molar-refractivity contribution in [3.63, 3.8) is 0 Å². The van der Waals surface area contributed by atoms with Crippen LogP contribution in [0.3, 0.4) is 0 Å². The van der Waals surface area contributed by atoms with E-state index < -0.39 is 10.0 Å². The summed E-state index contributed by atoms with van der Waals surface area (Å²) in [5.41, 5.74) is 0.113. The highest BCUT2D eigenvalue weighted by atomic mass is 35.5. The predicted molar refractivity (Wildman–Crippen MR) is 75.6 cm³/mol. The van der Waals surface area contributed by atoms with E-state index in [0.717, 1.165) is 19.3 Å². The maximum absolute atomic E-state index is 12.6. The van der Waals surface area contributed by atoms with Crippen molar-refractivity contribution in [3.05, 3.63) is 23.5 Å². The molecule has 1 aliphatic heterocycles. The number of aromatic nitrogens is 1. The Morgan fingerprint density at radius 1 is 1.42 bits per heavy atom. The van der Waals surface area contributed by atoms with Crippen molar-refractivity contribution < 1.29 is 8.42 Å². The number of sulfonamides is 1. The van der Waals surface area contributed by atoms with Crippen LogP contribution in [0, 0.1) is 5.41 Å². The van der Waals surface area contributed by atoms with Crippen LogP contribution in [-0.2, 0) is 10.0 Å². The summed E-state index contributed by atoms with van der Waals surface area (Å²) in [6.45, 7) is 5.39. The molecule has 0 unspecified atom stereocenters. The first-order valence-corrected chi connectivity index (χ1v) is 8.38. The second kappa shape index (κ2) is 5.38. The van der Waals surface area contributed by atoms with E-state index in [2.05, 4.69) is 18.8 Å². The van der Waals surface area contributed by atoms with Gasteiger partial charge in [-0.3, -0.25) is 0 Å². The molecule has 0 amide bonds. The third-order valence-electron chi connectivity index (χ3n) is 4.25. The summed E-state index contributed by atoms with van der Waals surface area (Å²) < 4.78 is 26.7. The number of halogens is 1. The van der Waals surface area contributed by atoms with E-state index in [1.807, 2.05) is 0 Å². The molecular formula is C13H19ClN2O2S. The molecule has 0 spiro atoms. The van der Waals surface area contributed by atoms with Crippen molar-refractivity contribution in [2.75, 3.05) is 13.1 Å². The summed E-state index contributed by atoms with van der Waals surface area (Å²) in [4.78, 5) is 3.96. The van der Waals surface area contributed by atoms with Crippen LogP contribution in [0.15, 0.2) is 23.2 Å². The highest BCUT2D eigenvalue weighted by Gasteiger charge is 2.41. The standard InChI is InChI=1S/C13H19ClN2O2S/c1-3-13(4-2)7-9-16(10-13)19(17,18)11-6-5-8-15-12(11)14/h5-6,8H,3-4,7,9-10H2,1-2H3. The lowest BCUT2D eigenvalue weighted by molar-refractivity contribution is 0.279. The molecule has 1 saturated heterocycles. The van der Waals surface area contributed by atoms with Crippen LogP contribution in [0.1, 0.15) is 33.1 Å². The largest absolute Gasteiger partial charge is 0.246 e. The van der Waals surface area contributed by atoms with E-state index >= 15 is 0 Å². The quantitative estimate of drug-likeness (QED) is 0.804. The molecule has 106 valence electrons. The van der Waals surface area contributed by atoms with Gasteiger partial charge in [0.15, 0.2) is 0 Å². The summed E-state index contributed by atoms with van der Waals surface area (Å²) in [6.07, 6.45) is 4.40. The van der Waals surface area contributed by atoms with Gasteiger partial charge >= 0.3 is 0 Å². The molecule has 0 radical (unpaired) electrons. The Morgan fingerprint density at radius 2 is 2.11 bits per heavy atom. The first-order chi connectivity index (χ1) is 8.95. The van der Waals surface area contributed by atoms with E-state index in [1.165, 1.54) is 12.3 Å². The van der Waals surface area contributed by atoms with Gasteiger partial charge in [0.25, 0.3) is 0 Å². The Bertz CT molecular complexity index is 556. The average molecular weight is 303 g/mol. The molecule has 1 fully saturated rings. The Morgan fingerprint density at radius 3 is 2.63 bits per heavy atom. The van der Waals surface area contributed by atoms with Crippen LogP contribution in [0.5, 0.6) is 0 Å². The fourth-order valence-corrected chi connectivity index (χ4v) is 4.61. The van der Waals surface area contributed by atoms with Crippen LogP contribution in [-0.4, -0.2) is 30.8 Å². The topological polar surface area (TPSA) is 50.3 Å². The van der Waals surface area contributed by atoms with Crippen LogP contribution in [0.25, 0.3) is 0 Å². The van der Waals surface area contributed by atoms with E-state index in [0.29, 0.717) is 13.1 Å². The van der Waals surface area contributed by atoms with Crippen molar-refractivity contribution in [2.24, 2.45) is 5.41 Å². The molecule has 6 heteroatoms. The number of nitrogens with zero attached hydrogens (tertiary/aromatic N) is 2. The molecule has 1 aliphatic rings. The molecule has 0 bridgehead atoms. The Kier molecular flexibility index (Phi) is 4.18. The molecule has 0 saturated carbocycles. The molecule has 4 nitrogen and oxygen atoms in total. The van der Waals surface area contributed by atoms with Crippen molar-refractivity contribution in [2.45, 2.75) is 38.0 Å². The molecule has 0 aromatic carbocycles. The Labute approximate surface area is 119 Å². The van der Waals surface area contributed by atoms with Gasteiger partial charge in [-0.15, -0.1) is 0 Å². The van der Waals surface area contributed by atoms with Crippen molar-refractivity contribution >= 4 is 21.6 Å². The molecule has 2 rings (SSSR count). The van der Waals surface area contributed by atoms with E-state index in [4.69, 9.17) is 11.6 Å². The maximum atomic E-state index is 12.6.